The van der Waals surface area contributed by atoms with Crippen molar-refractivity contribution < 1.29 is 19.1 Å². The Balaban J connectivity index is 2.74. The molecule has 0 atom stereocenters. The van der Waals surface area contributed by atoms with Crippen LogP contribution in [0.2, 0.25) is 0 Å². The fourth-order valence-electron chi connectivity index (χ4n) is 0.887. The van der Waals surface area contributed by atoms with Crippen LogP contribution in [0, 0.1) is 0 Å². The van der Waals surface area contributed by atoms with Crippen LogP contribution in [0.5, 0.6) is 0 Å². The Hall–Kier alpha value is -1.76. The number of esters is 1. The molecule has 0 spiro atoms. The quantitative estimate of drug-likeness (QED) is 0.480. The van der Waals surface area contributed by atoms with E-state index in [1.54, 1.807) is 6.92 Å². The summed E-state index contributed by atoms with van der Waals surface area (Å²) in [6.45, 7) is 3.07. The minimum atomic E-state index is -0.942. The van der Waals surface area contributed by atoms with Gasteiger partial charge >= 0.3 is 5.97 Å². The van der Waals surface area contributed by atoms with Crippen LogP contribution in [0.1, 0.15) is 24.3 Å². The van der Waals surface area contributed by atoms with E-state index in [9.17, 15) is 14.4 Å². The molecule has 0 aliphatic heterocycles. The average molecular weight is 242 g/mol. The number of amides is 1. The summed E-state index contributed by atoms with van der Waals surface area (Å²) in [5.74, 6) is -2.04. The summed E-state index contributed by atoms with van der Waals surface area (Å²) in [6, 6.07) is 0. The Morgan fingerprint density at radius 2 is 2.19 bits per heavy atom. The van der Waals surface area contributed by atoms with Gasteiger partial charge in [-0.1, -0.05) is 0 Å². The van der Waals surface area contributed by atoms with Crippen LogP contribution in [0.15, 0.2) is 5.38 Å². The van der Waals surface area contributed by atoms with E-state index in [1.807, 2.05) is 0 Å². The van der Waals surface area contributed by atoms with E-state index in [1.165, 1.54) is 12.3 Å². The maximum absolute atomic E-state index is 11.4. The van der Waals surface area contributed by atoms with Crippen molar-refractivity contribution in [1.29, 1.82) is 0 Å². The van der Waals surface area contributed by atoms with Crippen LogP contribution < -0.4 is 5.32 Å². The van der Waals surface area contributed by atoms with Gasteiger partial charge in [-0.3, -0.25) is 9.59 Å². The lowest BCUT2D eigenvalue weighted by Crippen LogP contribution is -2.18. The lowest BCUT2D eigenvalue weighted by atomic mass is 10.3. The Bertz CT molecular complexity index is 427. The van der Waals surface area contributed by atoms with Crippen molar-refractivity contribution in [2.45, 2.75) is 13.8 Å². The second-order valence-corrected chi connectivity index (χ2v) is 3.63. The largest absolute Gasteiger partial charge is 0.460 e. The predicted molar refractivity (Wildman–Crippen MR) is 57.4 cm³/mol. The number of nitrogens with one attached hydrogen (secondary N) is 1. The number of hydrogen-bond acceptors (Lipinski definition) is 6. The van der Waals surface area contributed by atoms with Crippen molar-refractivity contribution in [3.8, 4) is 0 Å². The predicted octanol–water partition coefficient (Wildman–Crippen LogP) is 0.847. The molecule has 16 heavy (non-hydrogen) atoms. The molecule has 1 rings (SSSR count). The third kappa shape index (κ3) is 3.13. The molecule has 0 aliphatic rings. The van der Waals surface area contributed by atoms with Crippen LogP contribution in [0.4, 0.5) is 5.13 Å². The maximum Gasteiger partial charge on any atom is 0.381 e. The number of ketones is 1. The number of carbonyl (C=O) groups excluding carboxylic acids is 3. The molecule has 1 amide bonds. The highest BCUT2D eigenvalue weighted by atomic mass is 32.1. The van der Waals surface area contributed by atoms with Crippen LogP contribution >= 0.6 is 11.3 Å². The van der Waals surface area contributed by atoms with Gasteiger partial charge in [0, 0.05) is 12.3 Å². The van der Waals surface area contributed by atoms with E-state index in [0.717, 1.165) is 11.3 Å². The van der Waals surface area contributed by atoms with E-state index < -0.39 is 11.8 Å². The van der Waals surface area contributed by atoms with Crippen molar-refractivity contribution in [3.05, 3.63) is 11.1 Å². The summed E-state index contributed by atoms with van der Waals surface area (Å²) in [5.41, 5.74) is -0.0211. The molecular weight excluding hydrogens is 232 g/mol. The molecule has 1 aromatic rings. The molecular formula is C9H10N2O4S. The fraction of sp³-hybridized carbons (Fsp3) is 0.333. The molecule has 7 heteroatoms. The zero-order valence-corrected chi connectivity index (χ0v) is 9.59. The minimum Gasteiger partial charge on any atom is -0.460 e. The highest BCUT2D eigenvalue weighted by molar-refractivity contribution is 7.14. The van der Waals surface area contributed by atoms with Crippen molar-refractivity contribution in [3.63, 3.8) is 0 Å². The van der Waals surface area contributed by atoms with Gasteiger partial charge in [-0.05, 0) is 6.92 Å². The highest BCUT2D eigenvalue weighted by Crippen LogP contribution is 2.15. The molecule has 0 saturated carbocycles. The number of rotatable bonds is 4. The second kappa shape index (κ2) is 5.36. The average Bonchev–Trinajstić information content (AvgIpc) is 2.64. The van der Waals surface area contributed by atoms with E-state index in [4.69, 9.17) is 0 Å². The third-order valence-electron chi connectivity index (χ3n) is 1.48. The fourth-order valence-corrected chi connectivity index (χ4v) is 1.62. The molecule has 0 radical (unpaired) electrons. The first-order chi connectivity index (χ1) is 7.54. The SMILES string of the molecule is CCOC(=O)C(=O)c1csc(NC(C)=O)n1. The lowest BCUT2D eigenvalue weighted by molar-refractivity contribution is -0.137. The zero-order valence-electron chi connectivity index (χ0n) is 8.77. The first kappa shape index (κ1) is 12.3. The van der Waals surface area contributed by atoms with Crippen molar-refractivity contribution >= 4 is 34.1 Å². The van der Waals surface area contributed by atoms with Gasteiger partial charge in [-0.25, -0.2) is 9.78 Å². The van der Waals surface area contributed by atoms with Crippen LogP contribution in [0.25, 0.3) is 0 Å². The van der Waals surface area contributed by atoms with E-state index in [-0.39, 0.29) is 23.3 Å². The molecule has 0 aromatic carbocycles. The summed E-state index contributed by atoms with van der Waals surface area (Å²) in [4.78, 5) is 37.0. The molecule has 1 heterocycles. The number of carbonyl (C=O) groups is 3. The summed E-state index contributed by atoms with van der Waals surface area (Å²) in [7, 11) is 0. The molecule has 0 fully saturated rings. The molecule has 86 valence electrons. The van der Waals surface area contributed by atoms with Gasteiger partial charge in [-0.15, -0.1) is 11.3 Å². The van der Waals surface area contributed by atoms with E-state index in [2.05, 4.69) is 15.0 Å². The van der Waals surface area contributed by atoms with Crippen molar-refractivity contribution in [2.75, 3.05) is 11.9 Å². The number of thiazole rings is 1. The standard InChI is InChI=1S/C9H10N2O4S/c1-3-15-8(14)7(13)6-4-16-9(11-6)10-5(2)12/h4H,3H2,1-2H3,(H,10,11,12). The van der Waals surface area contributed by atoms with E-state index in [0.29, 0.717) is 0 Å². The van der Waals surface area contributed by atoms with Gasteiger partial charge in [0.05, 0.1) is 6.61 Å². The molecule has 1 N–H and O–H groups in total. The molecule has 0 aliphatic carbocycles. The topological polar surface area (TPSA) is 85.4 Å². The Kier molecular flexibility index (Phi) is 4.12. The monoisotopic (exact) mass is 242 g/mol. The Morgan fingerprint density at radius 1 is 1.50 bits per heavy atom. The van der Waals surface area contributed by atoms with Gasteiger partial charge in [0.1, 0.15) is 5.69 Å². The van der Waals surface area contributed by atoms with Crippen LogP contribution in [-0.2, 0) is 14.3 Å². The third-order valence-corrected chi connectivity index (χ3v) is 2.24. The van der Waals surface area contributed by atoms with Crippen LogP contribution in [-0.4, -0.2) is 29.3 Å². The molecule has 1 aromatic heterocycles. The van der Waals surface area contributed by atoms with Gasteiger partial charge in [0.15, 0.2) is 5.13 Å². The van der Waals surface area contributed by atoms with Crippen LogP contribution in [0.3, 0.4) is 0 Å². The number of aromatic nitrogens is 1. The maximum atomic E-state index is 11.4. The Morgan fingerprint density at radius 3 is 2.75 bits per heavy atom. The smallest absolute Gasteiger partial charge is 0.381 e. The van der Waals surface area contributed by atoms with E-state index >= 15 is 0 Å². The number of ether oxygens (including phenoxy) is 1. The molecule has 6 nitrogen and oxygen atoms in total. The number of hydrogen-bond donors (Lipinski definition) is 1. The van der Waals surface area contributed by atoms with Gasteiger partial charge in [-0.2, -0.15) is 0 Å². The highest BCUT2D eigenvalue weighted by Gasteiger charge is 2.20. The van der Waals surface area contributed by atoms with Gasteiger partial charge in [0.2, 0.25) is 5.91 Å². The van der Waals surface area contributed by atoms with Gasteiger partial charge < -0.3 is 10.1 Å². The van der Waals surface area contributed by atoms with Crippen molar-refractivity contribution in [1.82, 2.24) is 4.98 Å². The summed E-state index contributed by atoms with van der Waals surface area (Å²) in [6.07, 6.45) is 0. The lowest BCUT2D eigenvalue weighted by Gasteiger charge is -1.97. The minimum absolute atomic E-state index is 0.0211. The summed E-state index contributed by atoms with van der Waals surface area (Å²) in [5, 5.41) is 4.09. The first-order valence-corrected chi connectivity index (χ1v) is 5.37. The molecule has 0 bridgehead atoms. The second-order valence-electron chi connectivity index (χ2n) is 2.77. The summed E-state index contributed by atoms with van der Waals surface area (Å²) >= 11 is 1.07. The zero-order chi connectivity index (χ0) is 12.1. The summed E-state index contributed by atoms with van der Waals surface area (Å²) < 4.78 is 4.54. The molecule has 0 unspecified atom stereocenters. The molecule has 0 saturated heterocycles. The van der Waals surface area contributed by atoms with Gasteiger partial charge in [0.25, 0.3) is 5.78 Å². The Labute approximate surface area is 95.6 Å². The first-order valence-electron chi connectivity index (χ1n) is 4.49. The van der Waals surface area contributed by atoms with Crippen molar-refractivity contribution in [2.24, 2.45) is 0 Å². The number of Topliss-reactive ketones (excluding diaryl/α,β-unsaturated/α-hetero) is 1. The normalized spacial score (nSPS) is 9.62. The number of nitrogens with zero attached hydrogens (tertiary/aromatic N) is 1. The number of anilines is 1.